The lowest BCUT2D eigenvalue weighted by Gasteiger charge is -2.22. The predicted molar refractivity (Wildman–Crippen MR) is 125 cm³/mol. The molecule has 0 spiro atoms. The van der Waals surface area contributed by atoms with Gasteiger partial charge in [0.25, 0.3) is 0 Å². The van der Waals surface area contributed by atoms with Crippen LogP contribution < -0.4 is 16.0 Å². The topological polar surface area (TPSA) is 61.6 Å². The minimum Gasteiger partial charge on any atom is -0.341 e. The van der Waals surface area contributed by atoms with Crippen LogP contribution in [0.15, 0.2) is 48.5 Å². The number of amides is 1. The van der Waals surface area contributed by atoms with Crippen molar-refractivity contribution in [2.45, 2.75) is 19.8 Å². The molecule has 0 saturated carbocycles. The van der Waals surface area contributed by atoms with Crippen molar-refractivity contribution in [2.24, 2.45) is 11.1 Å². The molecule has 0 aromatic heterocycles. The lowest BCUT2D eigenvalue weighted by atomic mass is 9.90. The highest BCUT2D eigenvalue weighted by molar-refractivity contribution is 5.92. The second kappa shape index (κ2) is 9.81. The molecule has 3 N–H and O–H groups in total. The SMILES string of the molecule is CC1(CN)CCN(CC(=O)Nc2ccc(N3CCc4ccccc43)cc2)C1.Cl.Cl. The summed E-state index contributed by atoms with van der Waals surface area (Å²) in [4.78, 5) is 16.9. The fourth-order valence-electron chi connectivity index (χ4n) is 4.16. The van der Waals surface area contributed by atoms with Crippen LogP contribution in [0, 0.1) is 5.41 Å². The van der Waals surface area contributed by atoms with E-state index in [1.165, 1.54) is 11.3 Å². The standard InChI is InChI=1S/C22H28N4O.2ClH/c1-22(15-23)11-13-25(16-22)14-21(27)24-18-6-8-19(9-7-18)26-12-10-17-4-2-3-5-20(17)26;;/h2-9H,10-16,23H2,1H3,(H,24,27);2*1H. The van der Waals surface area contributed by atoms with Crippen molar-refractivity contribution in [3.8, 4) is 0 Å². The van der Waals surface area contributed by atoms with Crippen LogP contribution in [0.4, 0.5) is 17.1 Å². The average molecular weight is 437 g/mol. The molecule has 1 fully saturated rings. The number of nitrogens with zero attached hydrogens (tertiary/aromatic N) is 2. The number of carbonyl (C=O) groups is 1. The van der Waals surface area contributed by atoms with Gasteiger partial charge in [-0.15, -0.1) is 24.8 Å². The Morgan fingerprint density at radius 1 is 1.10 bits per heavy atom. The number of hydrogen-bond donors (Lipinski definition) is 2. The number of carbonyl (C=O) groups excluding carboxylic acids is 1. The van der Waals surface area contributed by atoms with Gasteiger partial charge in [0.1, 0.15) is 0 Å². The summed E-state index contributed by atoms with van der Waals surface area (Å²) >= 11 is 0. The Morgan fingerprint density at radius 3 is 2.52 bits per heavy atom. The normalized spacial score (nSPS) is 20.6. The lowest BCUT2D eigenvalue weighted by molar-refractivity contribution is -0.117. The van der Waals surface area contributed by atoms with Gasteiger partial charge in [0.05, 0.1) is 6.54 Å². The molecule has 1 atom stereocenters. The number of anilines is 3. The second-order valence-electron chi connectivity index (χ2n) is 8.10. The number of hydrogen-bond acceptors (Lipinski definition) is 4. The van der Waals surface area contributed by atoms with E-state index in [2.05, 4.69) is 58.4 Å². The number of nitrogens with one attached hydrogen (secondary N) is 1. The largest absolute Gasteiger partial charge is 0.341 e. The quantitative estimate of drug-likeness (QED) is 0.747. The first kappa shape index (κ1) is 23.5. The minimum absolute atomic E-state index is 0. The Hall–Kier alpha value is -1.79. The van der Waals surface area contributed by atoms with Gasteiger partial charge in [-0.2, -0.15) is 0 Å². The zero-order chi connectivity index (χ0) is 18.9. The van der Waals surface area contributed by atoms with Crippen molar-refractivity contribution in [1.82, 2.24) is 4.90 Å². The molecule has 1 amide bonds. The van der Waals surface area contributed by atoms with Crippen LogP contribution in [0.25, 0.3) is 0 Å². The molecule has 2 heterocycles. The van der Waals surface area contributed by atoms with Gasteiger partial charge in [-0.1, -0.05) is 25.1 Å². The molecule has 5 nitrogen and oxygen atoms in total. The van der Waals surface area contributed by atoms with E-state index in [-0.39, 0.29) is 36.1 Å². The van der Waals surface area contributed by atoms with Gasteiger partial charge in [-0.3, -0.25) is 9.69 Å². The van der Waals surface area contributed by atoms with Crippen molar-refractivity contribution in [3.05, 3.63) is 54.1 Å². The van der Waals surface area contributed by atoms with Crippen LogP contribution in [-0.2, 0) is 11.2 Å². The van der Waals surface area contributed by atoms with Crippen LogP contribution >= 0.6 is 24.8 Å². The monoisotopic (exact) mass is 436 g/mol. The van der Waals surface area contributed by atoms with Crippen LogP contribution in [0.2, 0.25) is 0 Å². The third-order valence-electron chi connectivity index (χ3n) is 5.85. The summed E-state index contributed by atoms with van der Waals surface area (Å²) < 4.78 is 0. The molecule has 2 aliphatic rings. The zero-order valence-electron chi connectivity index (χ0n) is 16.8. The van der Waals surface area contributed by atoms with E-state index in [4.69, 9.17) is 5.73 Å². The summed E-state index contributed by atoms with van der Waals surface area (Å²) in [6.45, 7) is 6.13. The zero-order valence-corrected chi connectivity index (χ0v) is 18.4. The first-order valence-corrected chi connectivity index (χ1v) is 9.74. The third kappa shape index (κ3) is 5.23. The maximum absolute atomic E-state index is 12.4. The maximum atomic E-state index is 12.4. The van der Waals surface area contributed by atoms with Crippen LogP contribution in [-0.4, -0.2) is 43.5 Å². The first-order chi connectivity index (χ1) is 13.1. The molecular formula is C22H30Cl2N4O. The van der Waals surface area contributed by atoms with E-state index in [9.17, 15) is 4.79 Å². The number of rotatable bonds is 5. The molecule has 7 heteroatoms. The van der Waals surface area contributed by atoms with Gasteiger partial charge in [-0.05, 0) is 67.2 Å². The van der Waals surface area contributed by atoms with Gasteiger partial charge < -0.3 is 16.0 Å². The van der Waals surface area contributed by atoms with Crippen LogP contribution in [0.3, 0.4) is 0 Å². The van der Waals surface area contributed by atoms with E-state index >= 15 is 0 Å². The molecule has 1 saturated heterocycles. The lowest BCUT2D eigenvalue weighted by Crippen LogP contribution is -2.35. The smallest absolute Gasteiger partial charge is 0.238 e. The molecule has 0 aliphatic carbocycles. The number of halogens is 2. The molecule has 0 radical (unpaired) electrons. The summed E-state index contributed by atoms with van der Waals surface area (Å²) in [5.74, 6) is 0.0375. The summed E-state index contributed by atoms with van der Waals surface area (Å²) in [6, 6.07) is 16.7. The molecule has 1 unspecified atom stereocenters. The summed E-state index contributed by atoms with van der Waals surface area (Å²) in [6.07, 6.45) is 2.13. The minimum atomic E-state index is 0. The van der Waals surface area contributed by atoms with Gasteiger partial charge in [0.15, 0.2) is 0 Å². The molecule has 2 aromatic rings. The van der Waals surface area contributed by atoms with Crippen molar-refractivity contribution < 1.29 is 4.79 Å². The van der Waals surface area contributed by atoms with Crippen LogP contribution in [0.1, 0.15) is 18.9 Å². The van der Waals surface area contributed by atoms with Gasteiger partial charge >= 0.3 is 0 Å². The van der Waals surface area contributed by atoms with E-state index in [1.54, 1.807) is 0 Å². The van der Waals surface area contributed by atoms with Crippen molar-refractivity contribution in [2.75, 3.05) is 42.9 Å². The summed E-state index contributed by atoms with van der Waals surface area (Å²) in [5.41, 5.74) is 10.7. The average Bonchev–Trinajstić information content (AvgIpc) is 3.27. The number of benzene rings is 2. The highest BCUT2D eigenvalue weighted by atomic mass is 35.5. The van der Waals surface area contributed by atoms with Gasteiger partial charge in [-0.25, -0.2) is 0 Å². The van der Waals surface area contributed by atoms with E-state index in [0.29, 0.717) is 13.1 Å². The third-order valence-corrected chi connectivity index (χ3v) is 5.85. The van der Waals surface area contributed by atoms with E-state index in [1.807, 2.05) is 12.1 Å². The number of para-hydroxylation sites is 1. The first-order valence-electron chi connectivity index (χ1n) is 9.74. The molecule has 158 valence electrons. The molecule has 4 rings (SSSR count). The fourth-order valence-corrected chi connectivity index (χ4v) is 4.16. The number of nitrogens with two attached hydrogens (primary N) is 1. The Labute approximate surface area is 185 Å². The second-order valence-corrected chi connectivity index (χ2v) is 8.10. The van der Waals surface area contributed by atoms with Gasteiger partial charge in [0, 0.05) is 30.2 Å². The van der Waals surface area contributed by atoms with E-state index in [0.717, 1.165) is 43.9 Å². The maximum Gasteiger partial charge on any atom is 0.238 e. The fraction of sp³-hybridized carbons (Fsp3) is 0.409. The molecule has 2 aromatic carbocycles. The molecule has 2 aliphatic heterocycles. The molecule has 0 bridgehead atoms. The predicted octanol–water partition coefficient (Wildman–Crippen LogP) is 3.83. The Morgan fingerprint density at radius 2 is 1.83 bits per heavy atom. The highest BCUT2D eigenvalue weighted by Gasteiger charge is 2.33. The van der Waals surface area contributed by atoms with Gasteiger partial charge in [0.2, 0.25) is 5.91 Å². The summed E-state index contributed by atoms with van der Waals surface area (Å²) in [5, 5.41) is 3.02. The van der Waals surface area contributed by atoms with E-state index < -0.39 is 0 Å². The number of fused-ring (bicyclic) bond motifs is 1. The Balaban J connectivity index is 0.00000150. The van der Waals surface area contributed by atoms with Crippen molar-refractivity contribution in [1.29, 1.82) is 0 Å². The highest BCUT2D eigenvalue weighted by Crippen LogP contribution is 2.34. The van der Waals surface area contributed by atoms with Crippen LogP contribution in [0.5, 0.6) is 0 Å². The Kier molecular flexibility index (Phi) is 7.94. The van der Waals surface area contributed by atoms with Crippen molar-refractivity contribution in [3.63, 3.8) is 0 Å². The van der Waals surface area contributed by atoms with Crippen molar-refractivity contribution >= 4 is 47.8 Å². The molecule has 29 heavy (non-hydrogen) atoms. The molecular weight excluding hydrogens is 407 g/mol. The number of likely N-dealkylation sites (tertiary alicyclic amines) is 1. The Bertz CT molecular complexity index is 830. The summed E-state index contributed by atoms with van der Waals surface area (Å²) in [7, 11) is 0.